The van der Waals surface area contributed by atoms with Gasteiger partial charge in [-0.15, -0.1) is 0 Å². The molecule has 2 heterocycles. The maximum Gasteiger partial charge on any atom is 0.0357 e. The van der Waals surface area contributed by atoms with Crippen molar-refractivity contribution in [2.24, 2.45) is 11.8 Å². The first-order chi connectivity index (χ1) is 8.84. The van der Waals surface area contributed by atoms with Crippen LogP contribution in [-0.2, 0) is 6.42 Å². The van der Waals surface area contributed by atoms with Crippen molar-refractivity contribution in [3.05, 3.63) is 35.4 Å². The van der Waals surface area contributed by atoms with E-state index in [0.717, 1.165) is 17.9 Å². The molecule has 1 aromatic rings. The smallest absolute Gasteiger partial charge is 0.0357 e. The van der Waals surface area contributed by atoms with Crippen LogP contribution < -0.4 is 5.32 Å². The van der Waals surface area contributed by atoms with Crippen LogP contribution in [0.5, 0.6) is 0 Å². The van der Waals surface area contributed by atoms with Gasteiger partial charge in [0.2, 0.25) is 0 Å². The normalized spacial score (nSPS) is 38.9. The number of hydrogen-bond acceptors (Lipinski definition) is 2. The van der Waals surface area contributed by atoms with Crippen LogP contribution in [0.15, 0.2) is 24.3 Å². The van der Waals surface area contributed by atoms with Gasteiger partial charge in [0.05, 0.1) is 0 Å². The van der Waals surface area contributed by atoms with Crippen molar-refractivity contribution in [1.82, 2.24) is 10.2 Å². The highest BCUT2D eigenvalue weighted by Gasteiger charge is 2.45. The summed E-state index contributed by atoms with van der Waals surface area (Å²) in [5.41, 5.74) is 3.20. The summed E-state index contributed by atoms with van der Waals surface area (Å²) in [5.74, 6) is 1.78. The van der Waals surface area contributed by atoms with E-state index in [0.29, 0.717) is 6.04 Å². The molecule has 1 N–H and O–H groups in total. The second kappa shape index (κ2) is 4.07. The number of nitrogens with zero attached hydrogens (tertiary/aromatic N) is 1. The molecule has 2 fully saturated rings. The minimum absolute atomic E-state index is 0.696. The number of rotatable bonds is 1. The minimum Gasteiger partial charge on any atom is -0.316 e. The fraction of sp³-hybridized carbons (Fsp3) is 0.625. The molecule has 3 aliphatic rings. The number of benzene rings is 1. The van der Waals surface area contributed by atoms with E-state index in [4.69, 9.17) is 0 Å². The molecule has 18 heavy (non-hydrogen) atoms. The van der Waals surface area contributed by atoms with Gasteiger partial charge in [0.15, 0.2) is 0 Å². The summed E-state index contributed by atoms with van der Waals surface area (Å²) in [6, 6.07) is 10.5. The topological polar surface area (TPSA) is 15.3 Å². The lowest BCUT2D eigenvalue weighted by molar-refractivity contribution is 0.170. The van der Waals surface area contributed by atoms with Gasteiger partial charge in [-0.3, -0.25) is 4.90 Å². The molecule has 0 radical (unpaired) electrons. The van der Waals surface area contributed by atoms with Crippen LogP contribution in [0.4, 0.5) is 0 Å². The van der Waals surface area contributed by atoms with Crippen LogP contribution in [0.1, 0.15) is 30.5 Å². The Morgan fingerprint density at radius 1 is 1.22 bits per heavy atom. The Morgan fingerprint density at radius 2 is 2.11 bits per heavy atom. The summed E-state index contributed by atoms with van der Waals surface area (Å²) < 4.78 is 0. The van der Waals surface area contributed by atoms with E-state index in [1.165, 1.54) is 32.5 Å². The second-order valence-corrected chi connectivity index (χ2v) is 6.27. The van der Waals surface area contributed by atoms with Crippen LogP contribution in [0.2, 0.25) is 0 Å². The Kier molecular flexibility index (Phi) is 2.49. The van der Waals surface area contributed by atoms with Gasteiger partial charge in [0.1, 0.15) is 0 Å². The average molecular weight is 242 g/mol. The van der Waals surface area contributed by atoms with Crippen molar-refractivity contribution in [1.29, 1.82) is 0 Å². The molecule has 0 spiro atoms. The van der Waals surface area contributed by atoms with Crippen molar-refractivity contribution >= 4 is 0 Å². The number of nitrogens with one attached hydrogen (secondary N) is 1. The van der Waals surface area contributed by atoms with Crippen molar-refractivity contribution in [3.8, 4) is 0 Å². The van der Waals surface area contributed by atoms with Gasteiger partial charge in [-0.25, -0.2) is 0 Å². The zero-order valence-corrected chi connectivity index (χ0v) is 11.1. The predicted octanol–water partition coefficient (Wildman–Crippen LogP) is 2.21. The lowest BCUT2D eigenvalue weighted by atomic mass is 9.95. The minimum atomic E-state index is 0.696. The molecule has 1 aliphatic carbocycles. The second-order valence-electron chi connectivity index (χ2n) is 6.27. The lowest BCUT2D eigenvalue weighted by Crippen LogP contribution is -2.35. The quantitative estimate of drug-likeness (QED) is 0.812. The third kappa shape index (κ3) is 1.49. The first-order valence-corrected chi connectivity index (χ1v) is 7.39. The molecule has 0 saturated carbocycles. The molecule has 2 saturated heterocycles. The molecule has 2 aliphatic heterocycles. The molecule has 4 unspecified atom stereocenters. The van der Waals surface area contributed by atoms with Crippen LogP contribution in [-0.4, -0.2) is 30.6 Å². The molecule has 96 valence electrons. The van der Waals surface area contributed by atoms with E-state index >= 15 is 0 Å². The van der Waals surface area contributed by atoms with Crippen LogP contribution in [0, 0.1) is 11.8 Å². The molecule has 0 amide bonds. The number of fused-ring (bicyclic) bond motifs is 2. The highest BCUT2D eigenvalue weighted by atomic mass is 15.2. The van der Waals surface area contributed by atoms with Gasteiger partial charge in [-0.2, -0.15) is 0 Å². The molecule has 0 bridgehead atoms. The van der Waals surface area contributed by atoms with E-state index in [1.807, 2.05) is 0 Å². The molecule has 2 heteroatoms. The number of likely N-dealkylation sites (tertiary alicyclic amines) is 1. The third-order valence-corrected chi connectivity index (χ3v) is 5.48. The van der Waals surface area contributed by atoms with E-state index < -0.39 is 0 Å². The fourth-order valence-corrected chi connectivity index (χ4v) is 4.49. The van der Waals surface area contributed by atoms with Crippen molar-refractivity contribution in [2.45, 2.75) is 31.8 Å². The largest absolute Gasteiger partial charge is 0.316 e. The van der Waals surface area contributed by atoms with Crippen molar-refractivity contribution in [2.75, 3.05) is 19.6 Å². The van der Waals surface area contributed by atoms with E-state index in [1.54, 1.807) is 11.1 Å². The third-order valence-electron chi connectivity index (χ3n) is 5.48. The molecule has 4 rings (SSSR count). The Hall–Kier alpha value is -0.860. The van der Waals surface area contributed by atoms with Gasteiger partial charge in [-0.05, 0) is 55.8 Å². The zero-order valence-electron chi connectivity index (χ0n) is 11.1. The summed E-state index contributed by atoms with van der Waals surface area (Å²) in [5, 5.41) is 3.56. The summed E-state index contributed by atoms with van der Waals surface area (Å²) in [6.45, 7) is 6.22. The van der Waals surface area contributed by atoms with E-state index in [9.17, 15) is 0 Å². The fourth-order valence-electron chi connectivity index (χ4n) is 4.49. The van der Waals surface area contributed by atoms with Crippen LogP contribution in [0.25, 0.3) is 0 Å². The molecular formula is C16H22N2. The average Bonchev–Trinajstić information content (AvgIpc) is 3.06. The van der Waals surface area contributed by atoms with E-state index in [-0.39, 0.29) is 0 Å². The highest BCUT2D eigenvalue weighted by molar-refractivity contribution is 5.34. The molecule has 1 aromatic carbocycles. The monoisotopic (exact) mass is 242 g/mol. The summed E-state index contributed by atoms with van der Waals surface area (Å²) in [6.07, 6.45) is 2.61. The van der Waals surface area contributed by atoms with Gasteiger partial charge in [-0.1, -0.05) is 24.3 Å². The Labute approximate surface area is 109 Å². The SMILES string of the molecule is CC1C2CNCC2CN1C1CCc2ccccc21. The zero-order chi connectivity index (χ0) is 12.1. The van der Waals surface area contributed by atoms with Gasteiger partial charge >= 0.3 is 0 Å². The summed E-state index contributed by atoms with van der Waals surface area (Å²) in [7, 11) is 0. The maximum absolute atomic E-state index is 3.56. The van der Waals surface area contributed by atoms with Gasteiger partial charge < -0.3 is 5.32 Å². The maximum atomic E-state index is 3.56. The molecule has 4 atom stereocenters. The predicted molar refractivity (Wildman–Crippen MR) is 73.5 cm³/mol. The Bertz CT molecular complexity index is 456. The van der Waals surface area contributed by atoms with Crippen LogP contribution >= 0.6 is 0 Å². The molecule has 0 aromatic heterocycles. The summed E-state index contributed by atoms with van der Waals surface area (Å²) >= 11 is 0. The number of aryl methyl sites for hydroxylation is 1. The molecule has 2 nitrogen and oxygen atoms in total. The van der Waals surface area contributed by atoms with E-state index in [2.05, 4.69) is 41.4 Å². The highest BCUT2D eigenvalue weighted by Crippen LogP contribution is 2.43. The Balaban J connectivity index is 1.62. The lowest BCUT2D eigenvalue weighted by Gasteiger charge is -2.31. The molecular weight excluding hydrogens is 220 g/mol. The first kappa shape index (κ1) is 11.0. The summed E-state index contributed by atoms with van der Waals surface area (Å²) in [4.78, 5) is 2.79. The van der Waals surface area contributed by atoms with Gasteiger partial charge in [0, 0.05) is 18.6 Å². The van der Waals surface area contributed by atoms with Crippen LogP contribution in [0.3, 0.4) is 0 Å². The number of hydrogen-bond donors (Lipinski definition) is 1. The Morgan fingerprint density at radius 3 is 3.00 bits per heavy atom. The first-order valence-electron chi connectivity index (χ1n) is 7.39. The van der Waals surface area contributed by atoms with Crippen molar-refractivity contribution < 1.29 is 0 Å². The standard InChI is InChI=1S/C16H22N2/c1-11-15-9-17-8-13(15)10-18(11)16-7-6-12-4-2-3-5-14(12)16/h2-5,11,13,15-17H,6-10H2,1H3. The van der Waals surface area contributed by atoms with Gasteiger partial charge in [0.25, 0.3) is 0 Å². The van der Waals surface area contributed by atoms with Crippen molar-refractivity contribution in [3.63, 3.8) is 0 Å².